The second-order valence-electron chi connectivity index (χ2n) is 5.95. The van der Waals surface area contributed by atoms with Crippen molar-refractivity contribution in [2.24, 2.45) is 0 Å². The van der Waals surface area contributed by atoms with Gasteiger partial charge >= 0.3 is 0 Å². The van der Waals surface area contributed by atoms with Crippen LogP contribution in [0.25, 0.3) is 0 Å². The molecule has 1 saturated carbocycles. The fourth-order valence-electron chi connectivity index (χ4n) is 2.96. The Labute approximate surface area is 142 Å². The number of carbonyl (C=O) groups is 1. The molecule has 23 heavy (non-hydrogen) atoms. The van der Waals surface area contributed by atoms with Gasteiger partial charge in [0.1, 0.15) is 6.10 Å². The van der Waals surface area contributed by atoms with Crippen LogP contribution in [0.1, 0.15) is 47.7 Å². The molecule has 0 aromatic carbocycles. The van der Waals surface area contributed by atoms with Crippen molar-refractivity contribution in [2.75, 3.05) is 6.61 Å². The zero-order chi connectivity index (χ0) is 15.8. The number of carbonyl (C=O) groups excluding carboxylic acids is 1. The van der Waals surface area contributed by atoms with Crippen LogP contribution in [0, 0.1) is 4.77 Å². The Bertz CT molecular complexity index is 775. The Morgan fingerprint density at radius 1 is 1.57 bits per heavy atom. The van der Waals surface area contributed by atoms with Gasteiger partial charge in [0, 0.05) is 10.9 Å². The third kappa shape index (κ3) is 3.11. The number of amides is 1. The number of rotatable bonds is 5. The molecule has 2 N–H and O–H groups in total. The number of ether oxygens (including phenoxy) is 1. The first-order chi connectivity index (χ1) is 11.2. The van der Waals surface area contributed by atoms with E-state index in [0.717, 1.165) is 25.1 Å². The topological polar surface area (TPSA) is 71.9 Å². The lowest BCUT2D eigenvalue weighted by Crippen LogP contribution is -2.28. The number of fused-ring (bicyclic) bond motifs is 1. The monoisotopic (exact) mass is 350 g/mol. The Hall–Kier alpha value is -1.51. The molecule has 8 heteroatoms. The largest absolute Gasteiger partial charge is 0.372 e. The van der Waals surface area contributed by atoms with Crippen LogP contribution in [-0.4, -0.2) is 27.3 Å². The van der Waals surface area contributed by atoms with Crippen molar-refractivity contribution in [1.82, 2.24) is 20.1 Å². The van der Waals surface area contributed by atoms with Crippen LogP contribution in [0.5, 0.6) is 0 Å². The van der Waals surface area contributed by atoms with Crippen molar-refractivity contribution in [1.29, 1.82) is 0 Å². The Kier molecular flexibility index (Phi) is 4.04. The Morgan fingerprint density at radius 3 is 3.26 bits per heavy atom. The molecule has 0 saturated heterocycles. The molecule has 1 amide bonds. The molecule has 0 spiro atoms. The van der Waals surface area contributed by atoms with Crippen molar-refractivity contribution in [3.05, 3.63) is 32.5 Å². The molecule has 1 aliphatic heterocycles. The summed E-state index contributed by atoms with van der Waals surface area (Å²) in [6.45, 7) is 1.08. The minimum Gasteiger partial charge on any atom is -0.372 e. The van der Waals surface area contributed by atoms with E-state index in [2.05, 4.69) is 27.0 Å². The van der Waals surface area contributed by atoms with E-state index < -0.39 is 0 Å². The van der Waals surface area contributed by atoms with E-state index in [1.165, 1.54) is 10.4 Å². The molecule has 1 aliphatic carbocycles. The van der Waals surface area contributed by atoms with E-state index in [4.69, 9.17) is 17.0 Å². The minimum atomic E-state index is -0.122. The number of hydrogen-bond acceptors (Lipinski definition) is 5. The standard InChI is InChI=1S/C15H18N4O2S2/c20-13(7-11-14-9(3-5-21-11)4-6-23-14)16-8-12-17-18-15(22)19(12)10-1-2-10/h4,6,10-11H,1-3,5,7-8H2,(H,16,20)(H,18,22)/t11-/m0/s1. The molecule has 2 aromatic heterocycles. The van der Waals surface area contributed by atoms with Crippen LogP contribution in [0.15, 0.2) is 11.4 Å². The molecular formula is C15H18N4O2S2. The third-order valence-corrected chi connectivity index (χ3v) is 5.61. The lowest BCUT2D eigenvalue weighted by Gasteiger charge is -2.22. The van der Waals surface area contributed by atoms with Gasteiger partial charge in [0.05, 0.1) is 19.6 Å². The van der Waals surface area contributed by atoms with Gasteiger partial charge in [0.2, 0.25) is 5.91 Å². The first-order valence-corrected chi connectivity index (χ1v) is 9.11. The number of aromatic amines is 1. The fourth-order valence-corrected chi connectivity index (χ4v) is 4.27. The maximum absolute atomic E-state index is 12.3. The molecule has 0 bridgehead atoms. The normalized spacial score (nSPS) is 20.3. The molecule has 3 heterocycles. The molecular weight excluding hydrogens is 332 g/mol. The SMILES string of the molecule is O=C(C[C@@H]1OCCc2ccsc21)NCc1n[nH]c(=S)n1C1CC1. The summed E-state index contributed by atoms with van der Waals surface area (Å²) in [7, 11) is 0. The van der Waals surface area contributed by atoms with Crippen molar-refractivity contribution >= 4 is 29.5 Å². The highest BCUT2D eigenvalue weighted by Gasteiger charge is 2.28. The zero-order valence-corrected chi connectivity index (χ0v) is 14.2. The van der Waals surface area contributed by atoms with Crippen LogP contribution < -0.4 is 5.32 Å². The van der Waals surface area contributed by atoms with E-state index in [9.17, 15) is 4.79 Å². The fraction of sp³-hybridized carbons (Fsp3) is 0.533. The van der Waals surface area contributed by atoms with Gasteiger partial charge in [-0.05, 0) is 48.5 Å². The number of hydrogen-bond donors (Lipinski definition) is 2. The van der Waals surface area contributed by atoms with Crippen LogP contribution >= 0.6 is 23.6 Å². The van der Waals surface area contributed by atoms with Crippen molar-refractivity contribution in [3.8, 4) is 0 Å². The zero-order valence-electron chi connectivity index (χ0n) is 12.6. The summed E-state index contributed by atoms with van der Waals surface area (Å²) < 4.78 is 8.42. The number of thiophene rings is 1. The molecule has 122 valence electrons. The number of aromatic nitrogens is 3. The van der Waals surface area contributed by atoms with Gasteiger partial charge < -0.3 is 10.1 Å². The summed E-state index contributed by atoms with van der Waals surface area (Å²) in [6, 6.07) is 2.57. The first kappa shape index (κ1) is 15.0. The molecule has 6 nitrogen and oxygen atoms in total. The van der Waals surface area contributed by atoms with Gasteiger partial charge in [-0.25, -0.2) is 0 Å². The summed E-state index contributed by atoms with van der Waals surface area (Å²) in [5.41, 5.74) is 1.31. The minimum absolute atomic E-state index is 0.0208. The lowest BCUT2D eigenvalue weighted by molar-refractivity contribution is -0.124. The summed E-state index contributed by atoms with van der Waals surface area (Å²) in [6.07, 6.45) is 3.43. The Balaban J connectivity index is 1.37. The highest BCUT2D eigenvalue weighted by Crippen LogP contribution is 2.36. The predicted octanol–water partition coefficient (Wildman–Crippen LogP) is 2.66. The highest BCUT2D eigenvalue weighted by molar-refractivity contribution is 7.71. The third-order valence-electron chi connectivity index (χ3n) is 4.27. The molecule has 2 aromatic rings. The number of nitrogens with one attached hydrogen (secondary N) is 2. The molecule has 4 rings (SSSR count). The molecule has 1 atom stereocenters. The van der Waals surface area contributed by atoms with Crippen LogP contribution in [0.2, 0.25) is 0 Å². The van der Waals surface area contributed by atoms with Gasteiger partial charge in [0.15, 0.2) is 10.6 Å². The maximum atomic E-state index is 12.3. The van der Waals surface area contributed by atoms with Crippen molar-refractivity contribution < 1.29 is 9.53 Å². The van der Waals surface area contributed by atoms with Gasteiger partial charge in [0.25, 0.3) is 0 Å². The van der Waals surface area contributed by atoms with Gasteiger partial charge in [-0.15, -0.1) is 11.3 Å². The van der Waals surface area contributed by atoms with Gasteiger partial charge in [-0.2, -0.15) is 5.10 Å². The predicted molar refractivity (Wildman–Crippen MR) is 88.9 cm³/mol. The van der Waals surface area contributed by atoms with Gasteiger partial charge in [-0.3, -0.25) is 14.5 Å². The van der Waals surface area contributed by atoms with Crippen molar-refractivity contribution in [3.63, 3.8) is 0 Å². The number of H-pyrrole nitrogens is 1. The van der Waals surface area contributed by atoms with E-state index >= 15 is 0 Å². The maximum Gasteiger partial charge on any atom is 0.223 e. The average molecular weight is 350 g/mol. The van der Waals surface area contributed by atoms with E-state index in [1.807, 2.05) is 4.57 Å². The molecule has 1 fully saturated rings. The van der Waals surface area contributed by atoms with Crippen molar-refractivity contribution in [2.45, 2.75) is 44.4 Å². The summed E-state index contributed by atoms with van der Waals surface area (Å²) >= 11 is 6.91. The lowest BCUT2D eigenvalue weighted by atomic mass is 10.1. The number of nitrogens with zero attached hydrogens (tertiary/aromatic N) is 2. The quantitative estimate of drug-likeness (QED) is 0.813. The second kappa shape index (κ2) is 6.18. The molecule has 0 unspecified atom stereocenters. The van der Waals surface area contributed by atoms with Crippen LogP contribution in [0.3, 0.4) is 0 Å². The van der Waals surface area contributed by atoms with E-state index in [-0.39, 0.29) is 12.0 Å². The second-order valence-corrected chi connectivity index (χ2v) is 7.28. The van der Waals surface area contributed by atoms with Gasteiger partial charge in [-0.1, -0.05) is 0 Å². The summed E-state index contributed by atoms with van der Waals surface area (Å²) in [5.74, 6) is 0.778. The van der Waals surface area contributed by atoms with Crippen LogP contribution in [0.4, 0.5) is 0 Å². The summed E-state index contributed by atoms with van der Waals surface area (Å²) in [5, 5.41) is 12.0. The highest BCUT2D eigenvalue weighted by atomic mass is 32.1. The average Bonchev–Trinajstić information content (AvgIpc) is 3.12. The Morgan fingerprint density at radius 2 is 2.43 bits per heavy atom. The summed E-state index contributed by atoms with van der Waals surface area (Å²) in [4.78, 5) is 13.4. The first-order valence-electron chi connectivity index (χ1n) is 7.82. The van der Waals surface area contributed by atoms with E-state index in [0.29, 0.717) is 30.4 Å². The smallest absolute Gasteiger partial charge is 0.223 e. The molecule has 2 aliphatic rings. The molecule has 0 radical (unpaired) electrons. The van der Waals surface area contributed by atoms with Crippen LogP contribution in [-0.2, 0) is 22.5 Å². The van der Waals surface area contributed by atoms with E-state index in [1.54, 1.807) is 11.3 Å².